The Hall–Kier alpha value is -2.31. The van der Waals surface area contributed by atoms with Gasteiger partial charge in [-0.3, -0.25) is 4.99 Å². The largest absolute Gasteiger partial charge is 0.358 e. The average molecular weight is 364 g/mol. The Labute approximate surface area is 154 Å². The topological polar surface area (TPSA) is 40.9 Å². The lowest BCUT2D eigenvalue weighted by Crippen LogP contribution is -2.44. The highest BCUT2D eigenvalue weighted by Crippen LogP contribution is 2.35. The van der Waals surface area contributed by atoms with Crippen LogP contribution < -0.4 is 0 Å². The molecule has 0 amide bonds. The number of hydrogen-bond acceptors (Lipinski definition) is 6. The number of rotatable bonds is 2. The summed E-state index contributed by atoms with van der Waals surface area (Å²) in [5.74, 6) is 1.80. The maximum atomic E-state index is 5.21. The van der Waals surface area contributed by atoms with E-state index in [2.05, 4.69) is 50.3 Å². The first-order chi connectivity index (χ1) is 12.4. The fourth-order valence-corrected chi connectivity index (χ4v) is 4.55. The van der Waals surface area contributed by atoms with Gasteiger partial charge in [-0.25, -0.2) is 9.98 Å². The Morgan fingerprint density at radius 2 is 2.04 bits per heavy atom. The van der Waals surface area contributed by atoms with Gasteiger partial charge in [0.2, 0.25) is 0 Å². The fourth-order valence-electron chi connectivity index (χ4n) is 3.15. The van der Waals surface area contributed by atoms with Crippen molar-refractivity contribution in [3.63, 3.8) is 0 Å². The number of nitrogens with zero attached hydrogens (tertiary/aromatic N) is 4. The number of likely N-dealkylation sites (tertiary alicyclic amines) is 1. The van der Waals surface area contributed by atoms with Crippen molar-refractivity contribution >= 4 is 40.0 Å². The minimum absolute atomic E-state index is 0.0654. The molecule has 0 spiro atoms. The summed E-state index contributed by atoms with van der Waals surface area (Å²) >= 11 is 3.43. The molecule has 0 aromatic carbocycles. The van der Waals surface area contributed by atoms with Crippen LogP contribution in [0.2, 0.25) is 0 Å². The van der Waals surface area contributed by atoms with Crippen LogP contribution in [0.3, 0.4) is 0 Å². The van der Waals surface area contributed by atoms with Crippen LogP contribution in [-0.4, -0.2) is 34.5 Å². The molecule has 0 saturated carbocycles. The van der Waals surface area contributed by atoms with Crippen molar-refractivity contribution in [3.8, 4) is 0 Å². The van der Waals surface area contributed by atoms with E-state index in [4.69, 9.17) is 9.98 Å². The Kier molecular flexibility index (Phi) is 3.72. The molecule has 0 N–H and O–H groups in total. The van der Waals surface area contributed by atoms with Gasteiger partial charge in [0.25, 0.3) is 0 Å². The standard InChI is InChI=1S/C19H16N4S2/c1-4-14-16(13-6-11-24-12-13)21-17(15-5-2-10-25-15)19(23-8-3-9-23)22-18(14)20-7-1/h1-2,4-7,10-12,17H,3,8-9H2. The van der Waals surface area contributed by atoms with E-state index < -0.39 is 0 Å². The van der Waals surface area contributed by atoms with E-state index >= 15 is 0 Å². The van der Waals surface area contributed by atoms with E-state index in [-0.39, 0.29) is 6.04 Å². The summed E-state index contributed by atoms with van der Waals surface area (Å²) in [6.07, 6.45) is 3.03. The highest BCUT2D eigenvalue weighted by molar-refractivity contribution is 7.10. The minimum Gasteiger partial charge on any atom is -0.358 e. The van der Waals surface area contributed by atoms with Crippen LogP contribution in [-0.2, 0) is 0 Å². The van der Waals surface area contributed by atoms with Gasteiger partial charge in [-0.05, 0) is 41.4 Å². The lowest BCUT2D eigenvalue weighted by molar-refractivity contribution is 0.291. The van der Waals surface area contributed by atoms with E-state index in [9.17, 15) is 0 Å². The van der Waals surface area contributed by atoms with Gasteiger partial charge in [0, 0.05) is 40.7 Å². The first kappa shape index (κ1) is 15.0. The summed E-state index contributed by atoms with van der Waals surface area (Å²) in [6.45, 7) is 2.10. The molecule has 0 aliphatic carbocycles. The van der Waals surface area contributed by atoms with Crippen LogP contribution in [0.4, 0.5) is 5.82 Å². The monoisotopic (exact) mass is 364 g/mol. The molecule has 25 heavy (non-hydrogen) atoms. The smallest absolute Gasteiger partial charge is 0.163 e. The van der Waals surface area contributed by atoms with Crippen LogP contribution in [0.15, 0.2) is 62.7 Å². The predicted molar refractivity (Wildman–Crippen MR) is 105 cm³/mol. The number of aromatic nitrogens is 1. The molecule has 3 aromatic heterocycles. The summed E-state index contributed by atoms with van der Waals surface area (Å²) in [5, 5.41) is 6.35. The molecule has 0 radical (unpaired) electrons. The molecule has 1 fully saturated rings. The van der Waals surface area contributed by atoms with Crippen LogP contribution in [0, 0.1) is 0 Å². The molecule has 6 heteroatoms. The quantitative estimate of drug-likeness (QED) is 0.670. The second-order valence-corrected chi connectivity index (χ2v) is 7.85. The number of pyridine rings is 1. The number of aliphatic imine (C=N–C) groups is 2. The summed E-state index contributed by atoms with van der Waals surface area (Å²) in [7, 11) is 0. The second-order valence-electron chi connectivity index (χ2n) is 6.09. The summed E-state index contributed by atoms with van der Waals surface area (Å²) < 4.78 is 0. The normalized spacial score (nSPS) is 19.5. The molecule has 5 rings (SSSR count). The Balaban J connectivity index is 1.74. The van der Waals surface area contributed by atoms with E-state index in [1.165, 1.54) is 11.3 Å². The van der Waals surface area contributed by atoms with Gasteiger partial charge in [0.05, 0.1) is 5.71 Å². The zero-order chi connectivity index (χ0) is 16.6. The van der Waals surface area contributed by atoms with Crippen molar-refractivity contribution in [2.75, 3.05) is 13.1 Å². The SMILES string of the molecule is c1csc(C2N=C(c3ccsc3)c3cccnc3N=C2N2CCC2)c1. The van der Waals surface area contributed by atoms with Crippen LogP contribution in [0.1, 0.15) is 28.5 Å². The van der Waals surface area contributed by atoms with Gasteiger partial charge in [0.15, 0.2) is 5.82 Å². The molecular weight excluding hydrogens is 348 g/mol. The zero-order valence-electron chi connectivity index (χ0n) is 13.5. The molecule has 1 saturated heterocycles. The Morgan fingerprint density at radius 3 is 2.76 bits per heavy atom. The van der Waals surface area contributed by atoms with Crippen molar-refractivity contribution in [1.82, 2.24) is 9.88 Å². The number of fused-ring (bicyclic) bond motifs is 1. The maximum absolute atomic E-state index is 5.21. The second kappa shape index (κ2) is 6.20. The third kappa shape index (κ3) is 2.62. The molecule has 0 bridgehead atoms. The average Bonchev–Trinajstić information content (AvgIpc) is 3.26. The predicted octanol–water partition coefficient (Wildman–Crippen LogP) is 4.53. The first-order valence-electron chi connectivity index (χ1n) is 8.33. The van der Waals surface area contributed by atoms with Gasteiger partial charge in [0.1, 0.15) is 11.9 Å². The summed E-state index contributed by atoms with van der Waals surface area (Å²) in [6, 6.07) is 10.3. The van der Waals surface area contributed by atoms with E-state index in [0.717, 1.165) is 41.6 Å². The molecule has 124 valence electrons. The number of hydrogen-bond donors (Lipinski definition) is 0. The van der Waals surface area contributed by atoms with Crippen LogP contribution in [0.5, 0.6) is 0 Å². The van der Waals surface area contributed by atoms with Gasteiger partial charge in [-0.15, -0.1) is 11.3 Å². The van der Waals surface area contributed by atoms with E-state index in [1.54, 1.807) is 22.7 Å². The van der Waals surface area contributed by atoms with Gasteiger partial charge in [-0.1, -0.05) is 6.07 Å². The van der Waals surface area contributed by atoms with Crippen molar-refractivity contribution in [3.05, 3.63) is 68.7 Å². The molecule has 1 atom stereocenters. The highest BCUT2D eigenvalue weighted by atomic mass is 32.1. The Morgan fingerprint density at radius 1 is 1.08 bits per heavy atom. The van der Waals surface area contributed by atoms with E-state index in [1.807, 2.05) is 12.3 Å². The minimum atomic E-state index is -0.0654. The third-order valence-electron chi connectivity index (χ3n) is 4.55. The summed E-state index contributed by atoms with van der Waals surface area (Å²) in [4.78, 5) is 18.3. The fraction of sp³-hybridized carbons (Fsp3) is 0.211. The Bertz CT molecular complexity index is 938. The molecule has 2 aliphatic rings. The number of thiophene rings is 2. The third-order valence-corrected chi connectivity index (χ3v) is 6.16. The lowest BCUT2D eigenvalue weighted by Gasteiger charge is -2.35. The van der Waals surface area contributed by atoms with E-state index in [0.29, 0.717) is 0 Å². The number of amidine groups is 1. The van der Waals surface area contributed by atoms with Crippen molar-refractivity contribution in [2.24, 2.45) is 9.98 Å². The van der Waals surface area contributed by atoms with Crippen molar-refractivity contribution < 1.29 is 0 Å². The van der Waals surface area contributed by atoms with Gasteiger partial charge in [-0.2, -0.15) is 11.3 Å². The highest BCUT2D eigenvalue weighted by Gasteiger charge is 2.31. The zero-order valence-corrected chi connectivity index (χ0v) is 15.1. The van der Waals surface area contributed by atoms with Gasteiger partial charge >= 0.3 is 0 Å². The summed E-state index contributed by atoms with van der Waals surface area (Å²) in [5.41, 5.74) is 3.14. The van der Waals surface area contributed by atoms with Crippen molar-refractivity contribution in [2.45, 2.75) is 12.5 Å². The molecule has 5 heterocycles. The molecule has 4 nitrogen and oxygen atoms in total. The van der Waals surface area contributed by atoms with Gasteiger partial charge < -0.3 is 4.90 Å². The lowest BCUT2D eigenvalue weighted by atomic mass is 10.1. The maximum Gasteiger partial charge on any atom is 0.163 e. The molecule has 2 aliphatic heterocycles. The molecular formula is C19H16N4S2. The molecule has 1 unspecified atom stereocenters. The van der Waals surface area contributed by atoms with Crippen LogP contribution in [0.25, 0.3) is 0 Å². The van der Waals surface area contributed by atoms with Crippen LogP contribution >= 0.6 is 22.7 Å². The molecule has 3 aromatic rings. The van der Waals surface area contributed by atoms with Crippen molar-refractivity contribution in [1.29, 1.82) is 0 Å². The first-order valence-corrected chi connectivity index (χ1v) is 10.1.